The SMILES string of the molecule is CCCCCN(C)C(=O)c1ccc(=O)[nH]c1. The molecule has 0 aliphatic rings. The fraction of sp³-hybridized carbons (Fsp3) is 0.500. The van der Waals surface area contributed by atoms with Gasteiger partial charge in [0.05, 0.1) is 5.56 Å². The van der Waals surface area contributed by atoms with Crippen LogP contribution in [-0.4, -0.2) is 29.4 Å². The van der Waals surface area contributed by atoms with Gasteiger partial charge >= 0.3 is 0 Å². The summed E-state index contributed by atoms with van der Waals surface area (Å²) in [4.78, 5) is 26.9. The molecule has 1 amide bonds. The van der Waals surface area contributed by atoms with Crippen LogP contribution in [0.3, 0.4) is 0 Å². The summed E-state index contributed by atoms with van der Waals surface area (Å²) in [6, 6.07) is 2.92. The molecule has 1 aromatic rings. The van der Waals surface area contributed by atoms with Crippen molar-refractivity contribution in [1.29, 1.82) is 0 Å². The number of aromatic nitrogens is 1. The lowest BCUT2D eigenvalue weighted by Gasteiger charge is -2.16. The number of pyridine rings is 1. The van der Waals surface area contributed by atoms with Gasteiger partial charge in [-0.25, -0.2) is 0 Å². The van der Waals surface area contributed by atoms with Crippen LogP contribution in [0.15, 0.2) is 23.1 Å². The van der Waals surface area contributed by atoms with E-state index in [1.165, 1.54) is 12.3 Å². The molecule has 4 nitrogen and oxygen atoms in total. The zero-order valence-corrected chi connectivity index (χ0v) is 9.82. The maximum atomic E-state index is 11.9. The highest BCUT2D eigenvalue weighted by molar-refractivity contribution is 5.93. The number of hydrogen-bond donors (Lipinski definition) is 1. The van der Waals surface area contributed by atoms with Gasteiger partial charge in [-0.3, -0.25) is 9.59 Å². The van der Waals surface area contributed by atoms with E-state index in [2.05, 4.69) is 11.9 Å². The minimum absolute atomic E-state index is 0.0487. The molecule has 0 aliphatic heterocycles. The first-order valence-electron chi connectivity index (χ1n) is 5.59. The average Bonchev–Trinajstić information content (AvgIpc) is 2.29. The van der Waals surface area contributed by atoms with Crippen LogP contribution in [0.5, 0.6) is 0 Å². The molecular weight excluding hydrogens is 204 g/mol. The van der Waals surface area contributed by atoms with Crippen LogP contribution in [0.25, 0.3) is 0 Å². The molecule has 0 unspecified atom stereocenters. The van der Waals surface area contributed by atoms with Crippen LogP contribution in [0.4, 0.5) is 0 Å². The largest absolute Gasteiger partial charge is 0.342 e. The van der Waals surface area contributed by atoms with Gasteiger partial charge in [0, 0.05) is 25.9 Å². The number of nitrogens with one attached hydrogen (secondary N) is 1. The highest BCUT2D eigenvalue weighted by Gasteiger charge is 2.10. The third kappa shape index (κ3) is 3.53. The molecule has 0 bridgehead atoms. The molecular formula is C12H18N2O2. The maximum absolute atomic E-state index is 11.9. The van der Waals surface area contributed by atoms with Gasteiger partial charge < -0.3 is 9.88 Å². The Morgan fingerprint density at radius 2 is 2.12 bits per heavy atom. The van der Waals surface area contributed by atoms with Crippen molar-refractivity contribution in [2.75, 3.05) is 13.6 Å². The first kappa shape index (κ1) is 12.5. The quantitative estimate of drug-likeness (QED) is 0.770. The van der Waals surface area contributed by atoms with Crippen LogP contribution in [0, 0.1) is 0 Å². The van der Waals surface area contributed by atoms with E-state index in [0.717, 1.165) is 25.8 Å². The van der Waals surface area contributed by atoms with Gasteiger partial charge in [-0.2, -0.15) is 0 Å². The predicted octanol–water partition coefficient (Wildman–Crippen LogP) is 1.64. The second-order valence-corrected chi connectivity index (χ2v) is 3.88. The molecule has 0 spiro atoms. The molecule has 1 rings (SSSR count). The van der Waals surface area contributed by atoms with Crippen molar-refractivity contribution in [1.82, 2.24) is 9.88 Å². The molecule has 0 radical (unpaired) electrons. The van der Waals surface area contributed by atoms with Crippen LogP contribution >= 0.6 is 0 Å². The fourth-order valence-corrected chi connectivity index (χ4v) is 1.46. The molecule has 1 N–H and O–H groups in total. The molecule has 1 heterocycles. The van der Waals surface area contributed by atoms with E-state index in [9.17, 15) is 9.59 Å². The second-order valence-electron chi connectivity index (χ2n) is 3.88. The molecule has 4 heteroatoms. The number of hydrogen-bond acceptors (Lipinski definition) is 2. The molecule has 0 aliphatic carbocycles. The number of carbonyl (C=O) groups is 1. The number of H-pyrrole nitrogens is 1. The summed E-state index contributed by atoms with van der Waals surface area (Å²) >= 11 is 0. The van der Waals surface area contributed by atoms with E-state index in [0.29, 0.717) is 5.56 Å². The second kappa shape index (κ2) is 6.10. The third-order valence-electron chi connectivity index (χ3n) is 2.47. The molecule has 0 atom stereocenters. The topological polar surface area (TPSA) is 53.2 Å². The number of nitrogens with zero attached hydrogens (tertiary/aromatic N) is 1. The summed E-state index contributed by atoms with van der Waals surface area (Å²) in [5.74, 6) is -0.0487. The van der Waals surface area contributed by atoms with Gasteiger partial charge in [0.15, 0.2) is 0 Å². The molecule has 88 valence electrons. The standard InChI is InChI=1S/C12H18N2O2/c1-3-4-5-8-14(2)12(16)10-6-7-11(15)13-9-10/h6-7,9H,3-5,8H2,1-2H3,(H,13,15). The van der Waals surface area contributed by atoms with Crippen molar-refractivity contribution in [2.45, 2.75) is 26.2 Å². The van der Waals surface area contributed by atoms with Gasteiger partial charge in [0.2, 0.25) is 5.56 Å². The number of carbonyl (C=O) groups excluding carboxylic acids is 1. The molecule has 0 saturated carbocycles. The Labute approximate surface area is 95.3 Å². The van der Waals surface area contributed by atoms with E-state index < -0.39 is 0 Å². The zero-order chi connectivity index (χ0) is 12.0. The van der Waals surface area contributed by atoms with E-state index in [-0.39, 0.29) is 11.5 Å². The summed E-state index contributed by atoms with van der Waals surface area (Å²) in [5.41, 5.74) is 0.337. The fourth-order valence-electron chi connectivity index (χ4n) is 1.46. The Balaban J connectivity index is 2.56. The first-order chi connectivity index (χ1) is 7.65. The summed E-state index contributed by atoms with van der Waals surface area (Å²) in [7, 11) is 1.78. The van der Waals surface area contributed by atoms with Gasteiger partial charge in [0.25, 0.3) is 5.91 Å². The van der Waals surface area contributed by atoms with E-state index >= 15 is 0 Å². The summed E-state index contributed by atoms with van der Waals surface area (Å²) in [6.45, 7) is 2.88. The third-order valence-corrected chi connectivity index (χ3v) is 2.47. The summed E-state index contributed by atoms with van der Waals surface area (Å²) in [6.07, 6.45) is 4.74. The first-order valence-corrected chi connectivity index (χ1v) is 5.59. The Kier molecular flexibility index (Phi) is 4.76. The summed E-state index contributed by atoms with van der Waals surface area (Å²) in [5, 5.41) is 0. The van der Waals surface area contributed by atoms with Crippen molar-refractivity contribution in [3.8, 4) is 0 Å². The number of aromatic amines is 1. The molecule has 0 fully saturated rings. The number of amides is 1. The van der Waals surface area contributed by atoms with Crippen LogP contribution < -0.4 is 5.56 Å². The van der Waals surface area contributed by atoms with Gasteiger partial charge in [0.1, 0.15) is 0 Å². The minimum Gasteiger partial charge on any atom is -0.342 e. The lowest BCUT2D eigenvalue weighted by molar-refractivity contribution is 0.0792. The Bertz CT molecular complexity index is 378. The summed E-state index contributed by atoms with van der Waals surface area (Å²) < 4.78 is 0. The highest BCUT2D eigenvalue weighted by Crippen LogP contribution is 2.02. The van der Waals surface area contributed by atoms with Gasteiger partial charge in [-0.15, -0.1) is 0 Å². The van der Waals surface area contributed by atoms with E-state index in [1.807, 2.05) is 0 Å². The van der Waals surface area contributed by atoms with Crippen LogP contribution in [0.2, 0.25) is 0 Å². The molecule has 0 saturated heterocycles. The number of rotatable bonds is 5. The van der Waals surface area contributed by atoms with Crippen molar-refractivity contribution in [3.63, 3.8) is 0 Å². The van der Waals surface area contributed by atoms with Gasteiger partial charge in [-0.05, 0) is 12.5 Å². The minimum atomic E-state index is -0.190. The Morgan fingerprint density at radius 3 is 2.69 bits per heavy atom. The monoisotopic (exact) mass is 222 g/mol. The highest BCUT2D eigenvalue weighted by atomic mass is 16.2. The van der Waals surface area contributed by atoms with Crippen molar-refractivity contribution >= 4 is 5.91 Å². The Hall–Kier alpha value is -1.58. The van der Waals surface area contributed by atoms with Crippen molar-refractivity contribution < 1.29 is 4.79 Å². The van der Waals surface area contributed by atoms with Crippen LogP contribution in [-0.2, 0) is 0 Å². The predicted molar refractivity (Wildman–Crippen MR) is 63.5 cm³/mol. The zero-order valence-electron chi connectivity index (χ0n) is 9.82. The Morgan fingerprint density at radius 1 is 1.38 bits per heavy atom. The average molecular weight is 222 g/mol. The van der Waals surface area contributed by atoms with Crippen molar-refractivity contribution in [3.05, 3.63) is 34.2 Å². The molecule has 1 aromatic heterocycles. The lowest BCUT2D eigenvalue weighted by Crippen LogP contribution is -2.28. The maximum Gasteiger partial charge on any atom is 0.255 e. The smallest absolute Gasteiger partial charge is 0.255 e. The normalized spacial score (nSPS) is 10.1. The van der Waals surface area contributed by atoms with Gasteiger partial charge in [-0.1, -0.05) is 19.8 Å². The lowest BCUT2D eigenvalue weighted by atomic mass is 10.2. The van der Waals surface area contributed by atoms with E-state index in [4.69, 9.17) is 0 Å². The van der Waals surface area contributed by atoms with Crippen LogP contribution in [0.1, 0.15) is 36.5 Å². The van der Waals surface area contributed by atoms with Crippen molar-refractivity contribution in [2.24, 2.45) is 0 Å². The van der Waals surface area contributed by atoms with E-state index in [1.54, 1.807) is 18.0 Å². The molecule has 0 aromatic carbocycles. The molecule has 16 heavy (non-hydrogen) atoms. The number of unbranched alkanes of at least 4 members (excludes halogenated alkanes) is 2.